The average Bonchev–Trinajstić information content (AvgIpc) is 2.61. The number of H-pyrrole nitrogens is 1. The van der Waals surface area contributed by atoms with Crippen LogP contribution in [0.4, 0.5) is 0 Å². The number of carbonyl (C=O) groups excluding carboxylic acids is 1. The predicted molar refractivity (Wildman–Crippen MR) is 54.9 cm³/mol. The van der Waals surface area contributed by atoms with Crippen molar-refractivity contribution < 1.29 is 9.53 Å². The number of thiazole rings is 1. The Kier molecular flexibility index (Phi) is 2.43. The molecule has 0 atom stereocenters. The first kappa shape index (κ1) is 9.48. The number of aromatic nitrogens is 2. The maximum absolute atomic E-state index is 11.3. The minimum absolute atomic E-state index is 0.361. The molecule has 0 amide bonds. The SMILES string of the molecule is CCOC(=O)c1cc2sc(Cl)nc2[nH]1. The monoisotopic (exact) mass is 230 g/mol. The first-order chi connectivity index (χ1) is 6.70. The van der Waals surface area contributed by atoms with Gasteiger partial charge in [0.25, 0.3) is 0 Å². The summed E-state index contributed by atoms with van der Waals surface area (Å²) >= 11 is 7.01. The van der Waals surface area contributed by atoms with Gasteiger partial charge in [-0.1, -0.05) is 11.6 Å². The van der Waals surface area contributed by atoms with Crippen molar-refractivity contribution >= 4 is 39.3 Å². The highest BCUT2D eigenvalue weighted by molar-refractivity contribution is 7.22. The van der Waals surface area contributed by atoms with E-state index in [9.17, 15) is 4.79 Å². The van der Waals surface area contributed by atoms with E-state index in [2.05, 4.69) is 9.97 Å². The van der Waals surface area contributed by atoms with Gasteiger partial charge in [0.1, 0.15) is 5.69 Å². The highest BCUT2D eigenvalue weighted by atomic mass is 35.5. The molecule has 6 heteroatoms. The van der Waals surface area contributed by atoms with Crippen LogP contribution in [0.5, 0.6) is 0 Å². The minimum Gasteiger partial charge on any atom is -0.461 e. The first-order valence-corrected chi connectivity index (χ1v) is 5.22. The molecule has 2 aromatic heterocycles. The molecule has 0 radical (unpaired) electrons. The minimum atomic E-state index is -0.367. The van der Waals surface area contributed by atoms with Gasteiger partial charge in [-0.15, -0.1) is 11.3 Å². The van der Waals surface area contributed by atoms with Crippen LogP contribution in [0.2, 0.25) is 4.47 Å². The molecule has 2 aromatic rings. The number of esters is 1. The molecule has 0 aliphatic rings. The van der Waals surface area contributed by atoms with Gasteiger partial charge in [-0.2, -0.15) is 0 Å². The fourth-order valence-corrected chi connectivity index (χ4v) is 2.13. The van der Waals surface area contributed by atoms with Crippen LogP contribution in [0, 0.1) is 0 Å². The normalized spacial score (nSPS) is 10.7. The second-order valence-corrected chi connectivity index (χ2v) is 4.20. The molecule has 2 rings (SSSR count). The Balaban J connectivity index is 2.36. The molecular weight excluding hydrogens is 224 g/mol. The van der Waals surface area contributed by atoms with Gasteiger partial charge in [0.05, 0.1) is 11.3 Å². The number of halogens is 1. The van der Waals surface area contributed by atoms with Crippen LogP contribution < -0.4 is 0 Å². The Morgan fingerprint density at radius 2 is 2.57 bits per heavy atom. The third-order valence-corrected chi connectivity index (χ3v) is 2.76. The Bertz CT molecular complexity index is 445. The Hall–Kier alpha value is -1.07. The van der Waals surface area contributed by atoms with Gasteiger partial charge >= 0.3 is 5.97 Å². The second kappa shape index (κ2) is 3.59. The molecule has 74 valence electrons. The van der Waals surface area contributed by atoms with E-state index < -0.39 is 0 Å². The van der Waals surface area contributed by atoms with E-state index in [-0.39, 0.29) is 5.97 Å². The molecule has 0 aliphatic carbocycles. The van der Waals surface area contributed by atoms with Gasteiger partial charge in [0.15, 0.2) is 10.1 Å². The zero-order valence-electron chi connectivity index (χ0n) is 7.33. The van der Waals surface area contributed by atoms with Crippen molar-refractivity contribution in [2.75, 3.05) is 6.61 Å². The van der Waals surface area contributed by atoms with E-state index in [1.54, 1.807) is 13.0 Å². The largest absolute Gasteiger partial charge is 0.461 e. The third kappa shape index (κ3) is 1.60. The lowest BCUT2D eigenvalue weighted by molar-refractivity contribution is 0.0520. The maximum Gasteiger partial charge on any atom is 0.354 e. The van der Waals surface area contributed by atoms with Crippen LogP contribution >= 0.6 is 22.9 Å². The van der Waals surface area contributed by atoms with Gasteiger partial charge in [-0.25, -0.2) is 9.78 Å². The number of hydrogen-bond acceptors (Lipinski definition) is 4. The van der Waals surface area contributed by atoms with E-state index in [1.165, 1.54) is 11.3 Å². The molecule has 2 heterocycles. The van der Waals surface area contributed by atoms with Crippen molar-refractivity contribution in [2.45, 2.75) is 6.92 Å². The van der Waals surface area contributed by atoms with Crippen molar-refractivity contribution in [1.29, 1.82) is 0 Å². The molecule has 0 saturated carbocycles. The fraction of sp³-hybridized carbons (Fsp3) is 0.250. The lowest BCUT2D eigenvalue weighted by atomic mass is 10.4. The zero-order chi connectivity index (χ0) is 10.1. The molecule has 0 saturated heterocycles. The second-order valence-electron chi connectivity index (χ2n) is 2.58. The van der Waals surface area contributed by atoms with Crippen molar-refractivity contribution in [2.24, 2.45) is 0 Å². The summed E-state index contributed by atoms with van der Waals surface area (Å²) < 4.78 is 6.15. The summed E-state index contributed by atoms with van der Waals surface area (Å²) in [5.41, 5.74) is 1.04. The molecule has 0 aromatic carbocycles. The molecule has 0 spiro atoms. The third-order valence-electron chi connectivity index (χ3n) is 1.65. The molecule has 4 nitrogen and oxygen atoms in total. The van der Waals surface area contributed by atoms with Crippen LogP contribution in [-0.4, -0.2) is 22.5 Å². The molecule has 0 fully saturated rings. The van der Waals surface area contributed by atoms with Gasteiger partial charge in [0, 0.05) is 0 Å². The molecule has 0 bridgehead atoms. The molecule has 0 unspecified atom stereocenters. The fourth-order valence-electron chi connectivity index (χ4n) is 1.11. The highest BCUT2D eigenvalue weighted by Crippen LogP contribution is 2.26. The number of hydrogen-bond donors (Lipinski definition) is 1. The number of ether oxygens (including phenoxy) is 1. The Morgan fingerprint density at radius 1 is 1.79 bits per heavy atom. The lowest BCUT2D eigenvalue weighted by Crippen LogP contribution is -2.04. The Labute approximate surface area is 88.9 Å². The predicted octanol–water partition coefficient (Wildman–Crippen LogP) is 2.45. The summed E-state index contributed by atoms with van der Waals surface area (Å²) in [6, 6.07) is 1.69. The highest BCUT2D eigenvalue weighted by Gasteiger charge is 2.12. The number of fused-ring (bicyclic) bond motifs is 1. The maximum atomic E-state index is 11.3. The number of aromatic amines is 1. The zero-order valence-corrected chi connectivity index (χ0v) is 8.91. The van der Waals surface area contributed by atoms with Crippen LogP contribution in [0.1, 0.15) is 17.4 Å². The summed E-state index contributed by atoms with van der Waals surface area (Å²) in [7, 11) is 0. The quantitative estimate of drug-likeness (QED) is 0.807. The van der Waals surface area contributed by atoms with Gasteiger partial charge < -0.3 is 9.72 Å². The summed E-state index contributed by atoms with van der Waals surface area (Å²) in [5, 5.41) is 0. The van der Waals surface area contributed by atoms with Crippen LogP contribution in [0.25, 0.3) is 10.3 Å². The summed E-state index contributed by atoms with van der Waals surface area (Å²) in [6.45, 7) is 2.12. The van der Waals surface area contributed by atoms with E-state index in [4.69, 9.17) is 16.3 Å². The summed E-state index contributed by atoms with van der Waals surface area (Å²) in [6.07, 6.45) is 0. The molecule has 0 aliphatic heterocycles. The van der Waals surface area contributed by atoms with Gasteiger partial charge in [-0.05, 0) is 13.0 Å². The number of carbonyl (C=O) groups is 1. The van der Waals surface area contributed by atoms with Crippen LogP contribution in [-0.2, 0) is 4.74 Å². The smallest absolute Gasteiger partial charge is 0.354 e. The molecular formula is C8H7ClN2O2S. The average molecular weight is 231 g/mol. The Morgan fingerprint density at radius 3 is 3.21 bits per heavy atom. The van der Waals surface area contributed by atoms with Crippen molar-refractivity contribution in [3.05, 3.63) is 16.2 Å². The number of nitrogens with one attached hydrogen (secondary N) is 1. The van der Waals surface area contributed by atoms with Crippen molar-refractivity contribution in [1.82, 2.24) is 9.97 Å². The van der Waals surface area contributed by atoms with E-state index in [0.29, 0.717) is 22.4 Å². The lowest BCUT2D eigenvalue weighted by Gasteiger charge is -1.96. The standard InChI is InChI=1S/C8H7ClN2O2S/c1-2-13-7(12)4-3-5-6(10-4)11-8(9)14-5/h3,10H,2H2,1H3. The van der Waals surface area contributed by atoms with Gasteiger partial charge in [-0.3, -0.25) is 0 Å². The topological polar surface area (TPSA) is 55.0 Å². The molecule has 14 heavy (non-hydrogen) atoms. The van der Waals surface area contributed by atoms with Gasteiger partial charge in [0.2, 0.25) is 0 Å². The molecule has 1 N–H and O–H groups in total. The van der Waals surface area contributed by atoms with E-state index in [1.807, 2.05) is 0 Å². The first-order valence-electron chi connectivity index (χ1n) is 4.03. The van der Waals surface area contributed by atoms with E-state index >= 15 is 0 Å². The van der Waals surface area contributed by atoms with Crippen LogP contribution in [0.3, 0.4) is 0 Å². The van der Waals surface area contributed by atoms with Crippen molar-refractivity contribution in [3.63, 3.8) is 0 Å². The number of nitrogens with zero attached hydrogens (tertiary/aromatic N) is 1. The summed E-state index contributed by atoms with van der Waals surface area (Å²) in [4.78, 5) is 18.1. The number of rotatable bonds is 2. The van der Waals surface area contributed by atoms with Crippen LogP contribution in [0.15, 0.2) is 6.07 Å². The summed E-state index contributed by atoms with van der Waals surface area (Å²) in [5.74, 6) is -0.367. The van der Waals surface area contributed by atoms with Crippen molar-refractivity contribution in [3.8, 4) is 0 Å². The van der Waals surface area contributed by atoms with E-state index in [0.717, 1.165) is 4.70 Å².